The van der Waals surface area contributed by atoms with Crippen LogP contribution in [0.15, 0.2) is 5.51 Å². The van der Waals surface area contributed by atoms with Crippen LogP contribution in [0.5, 0.6) is 0 Å². The van der Waals surface area contributed by atoms with E-state index in [9.17, 15) is 4.79 Å². The number of aromatic nitrogens is 1. The van der Waals surface area contributed by atoms with Crippen molar-refractivity contribution in [1.29, 1.82) is 0 Å². The van der Waals surface area contributed by atoms with Crippen molar-refractivity contribution in [1.82, 2.24) is 9.88 Å². The highest BCUT2D eigenvalue weighted by Crippen LogP contribution is 2.30. The molecule has 0 bridgehead atoms. The molecule has 1 aromatic rings. The maximum Gasteiger partial charge on any atom is 0.310 e. The molecule has 2 heterocycles. The third kappa shape index (κ3) is 2.66. The van der Waals surface area contributed by atoms with Crippen LogP contribution in [0.4, 0.5) is 0 Å². The third-order valence-corrected chi connectivity index (χ3v) is 4.56. The van der Waals surface area contributed by atoms with Gasteiger partial charge < -0.3 is 10.0 Å². The van der Waals surface area contributed by atoms with Crippen LogP contribution in [-0.4, -0.2) is 40.6 Å². The lowest BCUT2D eigenvalue weighted by Gasteiger charge is -2.19. The number of rotatable bonds is 4. The number of likely N-dealkylation sites (tertiary alicyclic amines) is 1. The van der Waals surface area contributed by atoms with Crippen molar-refractivity contribution in [3.63, 3.8) is 0 Å². The van der Waals surface area contributed by atoms with Gasteiger partial charge in [-0.1, -0.05) is 0 Å². The summed E-state index contributed by atoms with van der Waals surface area (Å²) in [7, 11) is 0. The Kier molecular flexibility index (Phi) is 3.49. The number of nitrogens with zero attached hydrogens (tertiary/aromatic N) is 2. The van der Waals surface area contributed by atoms with Gasteiger partial charge in [0, 0.05) is 18.0 Å². The van der Waals surface area contributed by atoms with Crippen LogP contribution in [-0.2, 0) is 11.2 Å². The van der Waals surface area contributed by atoms with Gasteiger partial charge in [-0.2, -0.15) is 0 Å². The summed E-state index contributed by atoms with van der Waals surface area (Å²) in [6.07, 6.45) is 1.73. The fourth-order valence-electron chi connectivity index (χ4n) is 2.25. The largest absolute Gasteiger partial charge is 0.481 e. The predicted octanol–water partition coefficient (Wildman–Crippen LogP) is 1.79. The van der Waals surface area contributed by atoms with Crippen LogP contribution >= 0.6 is 11.3 Å². The fourth-order valence-corrected chi connectivity index (χ4v) is 3.02. The SMILES string of the molecule is Cc1ncsc1CCN1CCC(C)(C(=O)O)C1. The second kappa shape index (κ2) is 4.74. The minimum Gasteiger partial charge on any atom is -0.481 e. The topological polar surface area (TPSA) is 53.4 Å². The molecule has 0 amide bonds. The molecule has 0 saturated carbocycles. The van der Waals surface area contributed by atoms with Crippen molar-refractivity contribution in [3.8, 4) is 0 Å². The number of aliphatic carboxylic acids is 1. The lowest BCUT2D eigenvalue weighted by molar-refractivity contribution is -0.147. The van der Waals surface area contributed by atoms with E-state index in [1.165, 1.54) is 4.88 Å². The zero-order chi connectivity index (χ0) is 12.5. The molecule has 1 aliphatic rings. The number of carboxylic acid groups (broad SMARTS) is 1. The Bertz CT molecular complexity index is 418. The molecule has 1 unspecified atom stereocenters. The molecular formula is C12H18N2O2S. The first-order valence-electron chi connectivity index (χ1n) is 5.86. The summed E-state index contributed by atoms with van der Waals surface area (Å²) in [6.45, 7) is 6.36. The number of carboxylic acids is 1. The Morgan fingerprint density at radius 2 is 2.47 bits per heavy atom. The van der Waals surface area contributed by atoms with E-state index < -0.39 is 11.4 Å². The average molecular weight is 254 g/mol. The Hall–Kier alpha value is -0.940. The van der Waals surface area contributed by atoms with Crippen molar-refractivity contribution in [2.45, 2.75) is 26.7 Å². The van der Waals surface area contributed by atoms with Crippen molar-refractivity contribution in [2.24, 2.45) is 5.41 Å². The van der Waals surface area contributed by atoms with Crippen LogP contribution in [0, 0.1) is 12.3 Å². The van der Waals surface area contributed by atoms with E-state index in [2.05, 4.69) is 9.88 Å². The first-order valence-corrected chi connectivity index (χ1v) is 6.74. The summed E-state index contributed by atoms with van der Waals surface area (Å²) in [4.78, 5) is 18.9. The molecule has 1 aromatic heterocycles. The molecule has 1 saturated heterocycles. The molecule has 94 valence electrons. The lowest BCUT2D eigenvalue weighted by Crippen LogP contribution is -2.32. The summed E-state index contributed by atoms with van der Waals surface area (Å²) in [5, 5.41) is 9.15. The molecule has 1 N–H and O–H groups in total. The summed E-state index contributed by atoms with van der Waals surface area (Å²) >= 11 is 1.69. The monoisotopic (exact) mass is 254 g/mol. The number of hydrogen-bond acceptors (Lipinski definition) is 4. The third-order valence-electron chi connectivity index (χ3n) is 3.57. The maximum absolute atomic E-state index is 11.1. The van der Waals surface area contributed by atoms with Crippen LogP contribution < -0.4 is 0 Å². The van der Waals surface area contributed by atoms with Gasteiger partial charge in [0.25, 0.3) is 0 Å². The summed E-state index contributed by atoms with van der Waals surface area (Å²) < 4.78 is 0. The van der Waals surface area contributed by atoms with Gasteiger partial charge >= 0.3 is 5.97 Å². The minimum atomic E-state index is -0.672. The Morgan fingerprint density at radius 1 is 1.71 bits per heavy atom. The summed E-state index contributed by atoms with van der Waals surface area (Å²) in [5.41, 5.74) is 2.42. The van der Waals surface area contributed by atoms with Crippen molar-refractivity contribution in [2.75, 3.05) is 19.6 Å². The molecule has 1 fully saturated rings. The van der Waals surface area contributed by atoms with E-state index in [0.717, 1.165) is 31.6 Å². The second-order valence-corrected chi connectivity index (χ2v) is 5.94. The van der Waals surface area contributed by atoms with Crippen LogP contribution in [0.1, 0.15) is 23.9 Å². The fraction of sp³-hybridized carbons (Fsp3) is 0.667. The standard InChI is InChI=1S/C12H18N2O2S/c1-9-10(17-8-13-9)3-5-14-6-4-12(2,7-14)11(15)16/h8H,3-7H2,1-2H3,(H,15,16). The van der Waals surface area contributed by atoms with Gasteiger partial charge in [-0.3, -0.25) is 4.79 Å². The molecule has 5 heteroatoms. The molecule has 0 aromatic carbocycles. The van der Waals surface area contributed by atoms with E-state index in [1.54, 1.807) is 11.3 Å². The van der Waals surface area contributed by atoms with Gasteiger partial charge in [0.2, 0.25) is 0 Å². The average Bonchev–Trinajstić information content (AvgIpc) is 2.83. The van der Waals surface area contributed by atoms with Crippen LogP contribution in [0.25, 0.3) is 0 Å². The summed E-state index contributed by atoms with van der Waals surface area (Å²) in [5.74, 6) is -0.672. The zero-order valence-corrected chi connectivity index (χ0v) is 11.1. The Balaban J connectivity index is 1.87. The lowest BCUT2D eigenvalue weighted by atomic mass is 9.90. The molecule has 0 radical (unpaired) electrons. The Labute approximate surface area is 105 Å². The van der Waals surface area contributed by atoms with Crippen molar-refractivity contribution >= 4 is 17.3 Å². The molecule has 1 atom stereocenters. The van der Waals surface area contributed by atoms with Crippen molar-refractivity contribution < 1.29 is 9.90 Å². The van der Waals surface area contributed by atoms with E-state index in [0.29, 0.717) is 6.54 Å². The number of hydrogen-bond donors (Lipinski definition) is 1. The van der Waals surface area contributed by atoms with Gasteiger partial charge in [0.1, 0.15) is 0 Å². The quantitative estimate of drug-likeness (QED) is 0.890. The van der Waals surface area contributed by atoms with E-state index in [-0.39, 0.29) is 0 Å². The highest BCUT2D eigenvalue weighted by molar-refractivity contribution is 7.09. The highest BCUT2D eigenvalue weighted by Gasteiger charge is 2.40. The second-order valence-electron chi connectivity index (χ2n) is 5.00. The number of carbonyl (C=O) groups is 1. The highest BCUT2D eigenvalue weighted by atomic mass is 32.1. The molecule has 2 rings (SSSR count). The Morgan fingerprint density at radius 3 is 3.00 bits per heavy atom. The van der Waals surface area contributed by atoms with Crippen LogP contribution in [0.2, 0.25) is 0 Å². The van der Waals surface area contributed by atoms with Crippen LogP contribution in [0.3, 0.4) is 0 Å². The van der Waals surface area contributed by atoms with E-state index >= 15 is 0 Å². The normalized spacial score (nSPS) is 25.3. The first-order chi connectivity index (χ1) is 8.01. The smallest absolute Gasteiger partial charge is 0.310 e. The number of aryl methyl sites for hydroxylation is 1. The van der Waals surface area contributed by atoms with E-state index in [1.807, 2.05) is 19.4 Å². The molecular weight excluding hydrogens is 236 g/mol. The van der Waals surface area contributed by atoms with Gasteiger partial charge in [0.15, 0.2) is 0 Å². The van der Waals surface area contributed by atoms with Gasteiger partial charge in [0.05, 0.1) is 16.6 Å². The molecule has 4 nitrogen and oxygen atoms in total. The van der Waals surface area contributed by atoms with Gasteiger partial charge in [-0.15, -0.1) is 11.3 Å². The zero-order valence-electron chi connectivity index (χ0n) is 10.3. The maximum atomic E-state index is 11.1. The van der Waals surface area contributed by atoms with Gasteiger partial charge in [-0.25, -0.2) is 4.98 Å². The van der Waals surface area contributed by atoms with Crippen molar-refractivity contribution in [3.05, 3.63) is 16.1 Å². The first kappa shape index (κ1) is 12.5. The molecule has 17 heavy (non-hydrogen) atoms. The summed E-state index contributed by atoms with van der Waals surface area (Å²) in [6, 6.07) is 0. The molecule has 0 spiro atoms. The predicted molar refractivity (Wildman–Crippen MR) is 67.4 cm³/mol. The molecule has 0 aliphatic carbocycles. The number of thiazole rings is 1. The van der Waals surface area contributed by atoms with E-state index in [4.69, 9.17) is 5.11 Å². The van der Waals surface area contributed by atoms with Gasteiger partial charge in [-0.05, 0) is 33.2 Å². The minimum absolute atomic E-state index is 0.553. The molecule has 1 aliphatic heterocycles.